The molecule has 2 atom stereocenters. The Balaban J connectivity index is 2.45. The average Bonchev–Trinajstić information content (AvgIpc) is 2.25. The number of rotatable bonds is 5. The fraction of sp³-hybridized carbons (Fsp3) is 0.500. The van der Waals surface area contributed by atoms with E-state index >= 15 is 0 Å². The number of carbonyl (C=O) groups excluding carboxylic acids is 1. The molecule has 0 aliphatic carbocycles. The highest BCUT2D eigenvalue weighted by Crippen LogP contribution is 2.08. The van der Waals surface area contributed by atoms with Crippen LogP contribution in [0.4, 0.5) is 0 Å². The zero-order chi connectivity index (χ0) is 12.8. The summed E-state index contributed by atoms with van der Waals surface area (Å²) in [5.74, 6) is -0.0249. The molecule has 0 radical (unpaired) electrons. The Kier molecular flexibility index (Phi) is 5.38. The SMILES string of the molecule is CC(O)CC(C)CNC(=O)c1cc(Cl)ccn1. The summed E-state index contributed by atoms with van der Waals surface area (Å²) in [4.78, 5) is 15.6. The van der Waals surface area contributed by atoms with Crippen molar-refractivity contribution >= 4 is 17.5 Å². The van der Waals surface area contributed by atoms with Crippen LogP contribution in [-0.4, -0.2) is 28.6 Å². The van der Waals surface area contributed by atoms with Crippen LogP contribution >= 0.6 is 11.6 Å². The summed E-state index contributed by atoms with van der Waals surface area (Å²) in [5, 5.41) is 12.4. The number of carbonyl (C=O) groups is 1. The van der Waals surface area contributed by atoms with Gasteiger partial charge >= 0.3 is 0 Å². The molecule has 2 unspecified atom stereocenters. The van der Waals surface area contributed by atoms with Gasteiger partial charge in [0.2, 0.25) is 0 Å². The average molecular weight is 257 g/mol. The molecule has 0 aliphatic heterocycles. The molecule has 0 bridgehead atoms. The first-order valence-electron chi connectivity index (χ1n) is 5.57. The van der Waals surface area contributed by atoms with Crippen molar-refractivity contribution in [1.29, 1.82) is 0 Å². The van der Waals surface area contributed by atoms with E-state index in [-0.39, 0.29) is 17.9 Å². The molecular weight excluding hydrogens is 240 g/mol. The van der Waals surface area contributed by atoms with E-state index in [1.54, 1.807) is 13.0 Å². The van der Waals surface area contributed by atoms with Crippen LogP contribution in [0.15, 0.2) is 18.3 Å². The highest BCUT2D eigenvalue weighted by Gasteiger charge is 2.10. The van der Waals surface area contributed by atoms with Crippen LogP contribution in [0.5, 0.6) is 0 Å². The first-order valence-corrected chi connectivity index (χ1v) is 5.94. The second-order valence-electron chi connectivity index (χ2n) is 4.26. The topological polar surface area (TPSA) is 62.2 Å². The molecule has 1 heterocycles. The molecule has 17 heavy (non-hydrogen) atoms. The van der Waals surface area contributed by atoms with Gasteiger partial charge in [-0.15, -0.1) is 0 Å². The number of nitrogens with one attached hydrogen (secondary N) is 1. The molecule has 0 aliphatic rings. The number of aliphatic hydroxyl groups excluding tert-OH is 1. The Morgan fingerprint density at radius 2 is 2.29 bits per heavy atom. The first kappa shape index (κ1) is 13.9. The van der Waals surface area contributed by atoms with Crippen LogP contribution in [0.25, 0.3) is 0 Å². The largest absolute Gasteiger partial charge is 0.393 e. The van der Waals surface area contributed by atoms with Gasteiger partial charge < -0.3 is 10.4 Å². The summed E-state index contributed by atoms with van der Waals surface area (Å²) >= 11 is 5.77. The van der Waals surface area contributed by atoms with E-state index in [9.17, 15) is 9.90 Å². The van der Waals surface area contributed by atoms with Gasteiger partial charge in [-0.1, -0.05) is 18.5 Å². The Bertz CT molecular complexity index is 383. The zero-order valence-electron chi connectivity index (χ0n) is 9.98. The van der Waals surface area contributed by atoms with Crippen molar-refractivity contribution in [2.45, 2.75) is 26.4 Å². The predicted octanol–water partition coefficient (Wildman–Crippen LogP) is 1.87. The second-order valence-corrected chi connectivity index (χ2v) is 4.70. The maximum Gasteiger partial charge on any atom is 0.269 e. The van der Waals surface area contributed by atoms with Gasteiger partial charge in [0.25, 0.3) is 5.91 Å². The molecule has 1 amide bonds. The zero-order valence-corrected chi connectivity index (χ0v) is 10.7. The molecule has 94 valence electrons. The number of aliphatic hydroxyl groups is 1. The Labute approximate surface area is 106 Å². The summed E-state index contributed by atoms with van der Waals surface area (Å²) in [7, 11) is 0. The first-order chi connectivity index (χ1) is 7.99. The number of hydrogen-bond acceptors (Lipinski definition) is 3. The van der Waals surface area contributed by atoms with Crippen molar-refractivity contribution in [1.82, 2.24) is 10.3 Å². The second kappa shape index (κ2) is 6.57. The Hall–Kier alpha value is -1.13. The molecule has 0 saturated heterocycles. The molecule has 2 N–H and O–H groups in total. The molecule has 1 rings (SSSR count). The third-order valence-corrected chi connectivity index (χ3v) is 2.54. The lowest BCUT2D eigenvalue weighted by Crippen LogP contribution is -2.30. The fourth-order valence-electron chi connectivity index (χ4n) is 1.55. The summed E-state index contributed by atoms with van der Waals surface area (Å²) in [5.41, 5.74) is 0.307. The van der Waals surface area contributed by atoms with Gasteiger partial charge in [-0.2, -0.15) is 0 Å². The van der Waals surface area contributed by atoms with E-state index in [4.69, 9.17) is 11.6 Å². The van der Waals surface area contributed by atoms with Crippen LogP contribution in [-0.2, 0) is 0 Å². The normalized spacial score (nSPS) is 14.1. The van der Waals surface area contributed by atoms with Crippen molar-refractivity contribution in [3.8, 4) is 0 Å². The number of hydrogen-bond donors (Lipinski definition) is 2. The lowest BCUT2D eigenvalue weighted by atomic mass is 10.0. The van der Waals surface area contributed by atoms with Crippen LogP contribution < -0.4 is 5.32 Å². The molecule has 0 fully saturated rings. The maximum absolute atomic E-state index is 11.7. The minimum atomic E-state index is -0.355. The van der Waals surface area contributed by atoms with Gasteiger partial charge in [-0.05, 0) is 31.4 Å². The number of nitrogens with zero attached hydrogens (tertiary/aromatic N) is 1. The lowest BCUT2D eigenvalue weighted by molar-refractivity contribution is 0.0934. The van der Waals surface area contributed by atoms with Gasteiger partial charge in [0, 0.05) is 17.8 Å². The van der Waals surface area contributed by atoms with Gasteiger partial charge in [-0.25, -0.2) is 0 Å². The van der Waals surface area contributed by atoms with Gasteiger partial charge in [0.05, 0.1) is 6.10 Å². The molecule has 1 aromatic rings. The molecule has 0 spiro atoms. The van der Waals surface area contributed by atoms with E-state index in [0.29, 0.717) is 23.7 Å². The number of pyridine rings is 1. The Morgan fingerprint density at radius 1 is 1.59 bits per heavy atom. The smallest absolute Gasteiger partial charge is 0.269 e. The summed E-state index contributed by atoms with van der Waals surface area (Å²) < 4.78 is 0. The van der Waals surface area contributed by atoms with Crippen molar-refractivity contribution in [2.24, 2.45) is 5.92 Å². The van der Waals surface area contributed by atoms with Crippen LogP contribution in [0, 0.1) is 5.92 Å². The number of halogens is 1. The minimum Gasteiger partial charge on any atom is -0.393 e. The summed E-state index contributed by atoms with van der Waals surface area (Å²) in [6, 6.07) is 3.14. The van der Waals surface area contributed by atoms with Crippen molar-refractivity contribution in [2.75, 3.05) is 6.54 Å². The van der Waals surface area contributed by atoms with Crippen molar-refractivity contribution < 1.29 is 9.90 Å². The third kappa shape index (κ3) is 5.15. The predicted molar refractivity (Wildman–Crippen MR) is 67.0 cm³/mol. The minimum absolute atomic E-state index is 0.220. The molecule has 0 aromatic carbocycles. The van der Waals surface area contributed by atoms with E-state index in [0.717, 1.165) is 0 Å². The molecule has 5 heteroatoms. The standard InChI is InChI=1S/C12H17ClN2O2/c1-8(5-9(2)16)7-15-12(17)11-6-10(13)3-4-14-11/h3-4,6,8-9,16H,5,7H2,1-2H3,(H,15,17). The van der Waals surface area contributed by atoms with Gasteiger partial charge in [-0.3, -0.25) is 9.78 Å². The third-order valence-electron chi connectivity index (χ3n) is 2.31. The van der Waals surface area contributed by atoms with E-state index in [1.165, 1.54) is 12.3 Å². The van der Waals surface area contributed by atoms with Gasteiger partial charge in [0.1, 0.15) is 5.69 Å². The highest BCUT2D eigenvalue weighted by molar-refractivity contribution is 6.30. The fourth-order valence-corrected chi connectivity index (χ4v) is 1.71. The number of aromatic nitrogens is 1. The summed E-state index contributed by atoms with van der Waals surface area (Å²) in [6.45, 7) is 4.22. The maximum atomic E-state index is 11.7. The monoisotopic (exact) mass is 256 g/mol. The Morgan fingerprint density at radius 3 is 2.88 bits per heavy atom. The number of amides is 1. The van der Waals surface area contributed by atoms with Crippen LogP contribution in [0.2, 0.25) is 5.02 Å². The lowest BCUT2D eigenvalue weighted by Gasteiger charge is -2.13. The summed E-state index contributed by atoms with van der Waals surface area (Å²) in [6.07, 6.45) is 1.80. The highest BCUT2D eigenvalue weighted by atomic mass is 35.5. The van der Waals surface area contributed by atoms with E-state index < -0.39 is 0 Å². The molecule has 4 nitrogen and oxygen atoms in total. The van der Waals surface area contributed by atoms with E-state index in [2.05, 4.69) is 10.3 Å². The van der Waals surface area contributed by atoms with Crippen molar-refractivity contribution in [3.05, 3.63) is 29.0 Å². The van der Waals surface area contributed by atoms with Crippen molar-refractivity contribution in [3.63, 3.8) is 0 Å². The van der Waals surface area contributed by atoms with Crippen LogP contribution in [0.3, 0.4) is 0 Å². The van der Waals surface area contributed by atoms with E-state index in [1.807, 2.05) is 6.92 Å². The molecule has 0 saturated carbocycles. The quantitative estimate of drug-likeness (QED) is 0.846. The van der Waals surface area contributed by atoms with Gasteiger partial charge in [0.15, 0.2) is 0 Å². The molecular formula is C12H17ClN2O2. The molecule has 1 aromatic heterocycles. The van der Waals surface area contributed by atoms with Crippen LogP contribution in [0.1, 0.15) is 30.8 Å².